The Morgan fingerprint density at radius 2 is 1.69 bits per heavy atom. The zero-order valence-corrected chi connectivity index (χ0v) is 18.3. The van der Waals surface area contributed by atoms with Crippen molar-refractivity contribution in [3.8, 4) is 11.5 Å². The number of halogens is 1. The van der Waals surface area contributed by atoms with E-state index in [2.05, 4.69) is 0 Å². The zero-order valence-electron chi connectivity index (χ0n) is 18.3. The van der Waals surface area contributed by atoms with Crippen molar-refractivity contribution in [1.82, 2.24) is 9.80 Å². The van der Waals surface area contributed by atoms with Crippen LogP contribution in [0, 0.1) is 11.7 Å². The Morgan fingerprint density at radius 3 is 2.34 bits per heavy atom. The van der Waals surface area contributed by atoms with Gasteiger partial charge in [-0.1, -0.05) is 6.07 Å². The van der Waals surface area contributed by atoms with Crippen molar-refractivity contribution < 1.29 is 28.2 Å². The SMILES string of the molecule is COc1ccc([C@@H]2CN(C(=O)c3ccc(F)cc3)C[C@H]2C(=O)N2CCOCC2)c(OC)c1. The van der Waals surface area contributed by atoms with E-state index in [-0.39, 0.29) is 24.3 Å². The fourth-order valence-electron chi connectivity index (χ4n) is 4.45. The Hall–Kier alpha value is -3.13. The van der Waals surface area contributed by atoms with E-state index in [1.54, 1.807) is 25.2 Å². The van der Waals surface area contributed by atoms with Gasteiger partial charge in [0, 0.05) is 49.3 Å². The summed E-state index contributed by atoms with van der Waals surface area (Å²) in [5.41, 5.74) is 1.25. The van der Waals surface area contributed by atoms with Crippen molar-refractivity contribution in [3.05, 3.63) is 59.4 Å². The summed E-state index contributed by atoms with van der Waals surface area (Å²) < 4.78 is 29.6. The number of amides is 2. The highest BCUT2D eigenvalue weighted by atomic mass is 19.1. The maximum absolute atomic E-state index is 13.5. The van der Waals surface area contributed by atoms with Crippen LogP contribution < -0.4 is 9.47 Å². The summed E-state index contributed by atoms with van der Waals surface area (Å²) in [5.74, 6) is -0.00554. The van der Waals surface area contributed by atoms with Gasteiger partial charge < -0.3 is 24.0 Å². The van der Waals surface area contributed by atoms with Crippen molar-refractivity contribution >= 4 is 11.8 Å². The second kappa shape index (κ2) is 9.56. The standard InChI is InChI=1S/C24H27FN2O5/c1-30-18-7-8-19(22(13-18)31-2)20-14-27(23(28)16-3-5-17(25)6-4-16)15-21(20)24(29)26-9-11-32-12-10-26/h3-8,13,20-21H,9-12,14-15H2,1-2H3/t20-,21+/m0/s1. The lowest BCUT2D eigenvalue weighted by Crippen LogP contribution is -2.45. The average molecular weight is 442 g/mol. The monoisotopic (exact) mass is 442 g/mol. The van der Waals surface area contributed by atoms with Gasteiger partial charge in [0.2, 0.25) is 5.91 Å². The van der Waals surface area contributed by atoms with Crippen LogP contribution in [0.4, 0.5) is 4.39 Å². The number of hydrogen-bond donors (Lipinski definition) is 0. The molecule has 2 aromatic carbocycles. The molecule has 2 aliphatic rings. The van der Waals surface area contributed by atoms with Crippen LogP contribution in [0.15, 0.2) is 42.5 Å². The summed E-state index contributed by atoms with van der Waals surface area (Å²) in [6.45, 7) is 2.73. The van der Waals surface area contributed by atoms with Crippen LogP contribution in [0.2, 0.25) is 0 Å². The maximum atomic E-state index is 13.5. The fraction of sp³-hybridized carbons (Fsp3) is 0.417. The molecule has 2 fully saturated rings. The van der Waals surface area contributed by atoms with E-state index in [4.69, 9.17) is 14.2 Å². The first-order chi connectivity index (χ1) is 15.5. The van der Waals surface area contributed by atoms with Crippen molar-refractivity contribution in [1.29, 1.82) is 0 Å². The molecular weight excluding hydrogens is 415 g/mol. The molecule has 2 aliphatic heterocycles. The lowest BCUT2D eigenvalue weighted by atomic mass is 9.87. The summed E-state index contributed by atoms with van der Waals surface area (Å²) >= 11 is 0. The fourth-order valence-corrected chi connectivity index (χ4v) is 4.45. The van der Waals surface area contributed by atoms with Gasteiger partial charge in [-0.05, 0) is 30.3 Å². The Bertz CT molecular complexity index is 975. The number of carbonyl (C=O) groups is 2. The third kappa shape index (κ3) is 4.41. The molecule has 0 saturated carbocycles. The molecule has 0 aliphatic carbocycles. The topological polar surface area (TPSA) is 68.3 Å². The molecular formula is C24H27FN2O5. The minimum absolute atomic E-state index is 0.00516. The molecule has 4 rings (SSSR count). The Labute approximate surface area is 186 Å². The Morgan fingerprint density at radius 1 is 0.969 bits per heavy atom. The van der Waals surface area contributed by atoms with Crippen LogP contribution in [0.3, 0.4) is 0 Å². The number of hydrogen-bond acceptors (Lipinski definition) is 5. The quantitative estimate of drug-likeness (QED) is 0.712. The van der Waals surface area contributed by atoms with E-state index in [9.17, 15) is 14.0 Å². The predicted octanol–water partition coefficient (Wildman–Crippen LogP) is 2.56. The molecule has 2 atom stereocenters. The van der Waals surface area contributed by atoms with Gasteiger partial charge in [0.25, 0.3) is 5.91 Å². The molecule has 2 saturated heterocycles. The van der Waals surface area contributed by atoms with E-state index in [1.165, 1.54) is 24.3 Å². The molecule has 0 radical (unpaired) electrons. The first kappa shape index (κ1) is 22.1. The average Bonchev–Trinajstić information content (AvgIpc) is 3.29. The minimum atomic E-state index is -0.417. The normalized spacial score (nSPS) is 20.8. The van der Waals surface area contributed by atoms with Crippen molar-refractivity contribution in [2.24, 2.45) is 5.92 Å². The van der Waals surface area contributed by atoms with Crippen LogP contribution in [0.25, 0.3) is 0 Å². The number of likely N-dealkylation sites (tertiary alicyclic amines) is 1. The third-order valence-corrected chi connectivity index (χ3v) is 6.18. The minimum Gasteiger partial charge on any atom is -0.497 e. The third-order valence-electron chi connectivity index (χ3n) is 6.18. The number of methoxy groups -OCH3 is 2. The van der Waals surface area contributed by atoms with E-state index in [1.807, 2.05) is 17.0 Å². The molecule has 7 nitrogen and oxygen atoms in total. The van der Waals surface area contributed by atoms with Crippen LogP contribution in [-0.2, 0) is 9.53 Å². The second-order valence-corrected chi connectivity index (χ2v) is 7.98. The summed E-state index contributed by atoms with van der Waals surface area (Å²) in [7, 11) is 3.16. The Kier molecular flexibility index (Phi) is 6.60. The number of nitrogens with zero attached hydrogens (tertiary/aromatic N) is 2. The van der Waals surface area contributed by atoms with Gasteiger partial charge in [0.15, 0.2) is 0 Å². The van der Waals surface area contributed by atoms with Gasteiger partial charge in [-0.3, -0.25) is 9.59 Å². The van der Waals surface area contributed by atoms with Gasteiger partial charge in [0.1, 0.15) is 17.3 Å². The number of benzene rings is 2. The van der Waals surface area contributed by atoms with Crippen molar-refractivity contribution in [2.75, 3.05) is 53.6 Å². The van der Waals surface area contributed by atoms with Gasteiger partial charge in [-0.15, -0.1) is 0 Å². The molecule has 0 bridgehead atoms. The lowest BCUT2D eigenvalue weighted by Gasteiger charge is -2.31. The van der Waals surface area contributed by atoms with Crippen LogP contribution in [-0.4, -0.2) is 75.2 Å². The first-order valence-corrected chi connectivity index (χ1v) is 10.6. The largest absolute Gasteiger partial charge is 0.497 e. The molecule has 0 N–H and O–H groups in total. The predicted molar refractivity (Wildman–Crippen MR) is 115 cm³/mol. The highest BCUT2D eigenvalue weighted by Gasteiger charge is 2.43. The molecule has 2 amide bonds. The van der Waals surface area contributed by atoms with Crippen LogP contribution in [0.1, 0.15) is 21.8 Å². The smallest absolute Gasteiger partial charge is 0.253 e. The molecule has 2 heterocycles. The molecule has 0 spiro atoms. The molecule has 32 heavy (non-hydrogen) atoms. The number of morpholine rings is 1. The summed E-state index contributed by atoms with van der Waals surface area (Å²) in [5, 5.41) is 0. The Balaban J connectivity index is 1.65. The van der Waals surface area contributed by atoms with Gasteiger partial charge in [-0.25, -0.2) is 4.39 Å². The van der Waals surface area contributed by atoms with Gasteiger partial charge in [-0.2, -0.15) is 0 Å². The number of rotatable bonds is 5. The van der Waals surface area contributed by atoms with E-state index < -0.39 is 11.7 Å². The number of carbonyl (C=O) groups excluding carboxylic acids is 2. The summed E-state index contributed by atoms with van der Waals surface area (Å²) in [6.07, 6.45) is 0. The van der Waals surface area contributed by atoms with Crippen LogP contribution >= 0.6 is 0 Å². The van der Waals surface area contributed by atoms with Gasteiger partial charge in [0.05, 0.1) is 33.4 Å². The highest BCUT2D eigenvalue weighted by molar-refractivity contribution is 5.95. The zero-order chi connectivity index (χ0) is 22.7. The molecule has 0 aromatic heterocycles. The maximum Gasteiger partial charge on any atom is 0.253 e. The molecule has 170 valence electrons. The second-order valence-electron chi connectivity index (χ2n) is 7.98. The van der Waals surface area contributed by atoms with Crippen molar-refractivity contribution in [2.45, 2.75) is 5.92 Å². The molecule has 2 aromatic rings. The molecule has 0 unspecified atom stereocenters. The molecule has 8 heteroatoms. The van der Waals surface area contributed by atoms with Crippen LogP contribution in [0.5, 0.6) is 11.5 Å². The van der Waals surface area contributed by atoms with E-state index >= 15 is 0 Å². The summed E-state index contributed by atoms with van der Waals surface area (Å²) in [6, 6.07) is 11.0. The summed E-state index contributed by atoms with van der Waals surface area (Å²) in [4.78, 5) is 30.1. The highest BCUT2D eigenvalue weighted by Crippen LogP contribution is 2.40. The van der Waals surface area contributed by atoms with Crippen molar-refractivity contribution in [3.63, 3.8) is 0 Å². The number of ether oxygens (including phenoxy) is 3. The van der Waals surface area contributed by atoms with E-state index in [0.717, 1.165) is 5.56 Å². The first-order valence-electron chi connectivity index (χ1n) is 10.6. The van der Waals surface area contributed by atoms with E-state index in [0.29, 0.717) is 49.9 Å². The lowest BCUT2D eigenvalue weighted by molar-refractivity contribution is -0.139. The van der Waals surface area contributed by atoms with Gasteiger partial charge >= 0.3 is 0 Å².